The van der Waals surface area contributed by atoms with Crippen molar-refractivity contribution in [2.75, 3.05) is 6.61 Å². The molecule has 0 radical (unpaired) electrons. The molecule has 1 fully saturated rings. The Morgan fingerprint density at radius 2 is 2.13 bits per heavy atom. The van der Waals surface area contributed by atoms with Gasteiger partial charge in [-0.1, -0.05) is 18.2 Å². The molecule has 0 spiro atoms. The summed E-state index contributed by atoms with van der Waals surface area (Å²) in [7, 11) is 0. The summed E-state index contributed by atoms with van der Waals surface area (Å²) in [4.78, 5) is 12.1. The molecule has 2 nitrogen and oxygen atoms in total. The highest BCUT2D eigenvalue weighted by atomic mass is 16.2. The zero-order chi connectivity index (χ0) is 10.4. The maximum atomic E-state index is 12.1. The number of aliphatic hydroxyl groups is 1. The molecule has 0 unspecified atom stereocenters. The average molecular weight is 204 g/mol. The van der Waals surface area contributed by atoms with Crippen LogP contribution in [0.5, 0.6) is 0 Å². The fourth-order valence-corrected chi connectivity index (χ4v) is 3.46. The monoisotopic (exact) mass is 204 g/mol. The second-order valence-electron chi connectivity index (χ2n) is 4.93. The smallest absolute Gasteiger partial charge is 0.162 e. The number of allylic oxidation sites excluding steroid dienone is 4. The van der Waals surface area contributed by atoms with Gasteiger partial charge in [-0.3, -0.25) is 4.79 Å². The van der Waals surface area contributed by atoms with E-state index in [1.165, 1.54) is 6.42 Å². The van der Waals surface area contributed by atoms with Crippen LogP contribution in [0.4, 0.5) is 0 Å². The predicted octanol–water partition coefficient (Wildman–Crippen LogP) is 1.71. The Morgan fingerprint density at radius 1 is 1.33 bits per heavy atom. The van der Waals surface area contributed by atoms with E-state index in [1.807, 2.05) is 0 Å². The van der Waals surface area contributed by atoms with Crippen LogP contribution in [0.1, 0.15) is 19.3 Å². The Balaban J connectivity index is 1.80. The van der Waals surface area contributed by atoms with Gasteiger partial charge in [0.05, 0.1) is 0 Å². The van der Waals surface area contributed by atoms with Gasteiger partial charge in [0.15, 0.2) is 5.78 Å². The summed E-state index contributed by atoms with van der Waals surface area (Å²) in [5, 5.41) is 8.78. The Hall–Kier alpha value is -0.890. The number of fused-ring (bicyclic) bond motifs is 5. The summed E-state index contributed by atoms with van der Waals surface area (Å²) in [5.41, 5.74) is 0.984. The summed E-state index contributed by atoms with van der Waals surface area (Å²) in [6.45, 7) is 0.186. The minimum absolute atomic E-state index is 0.186. The zero-order valence-corrected chi connectivity index (χ0v) is 8.73. The van der Waals surface area contributed by atoms with Crippen molar-refractivity contribution in [3.63, 3.8) is 0 Å². The molecule has 15 heavy (non-hydrogen) atoms. The van der Waals surface area contributed by atoms with Gasteiger partial charge in [-0.25, -0.2) is 0 Å². The Bertz CT molecular complexity index is 354. The van der Waals surface area contributed by atoms with E-state index in [-0.39, 0.29) is 12.5 Å². The van der Waals surface area contributed by atoms with Crippen molar-refractivity contribution in [3.8, 4) is 0 Å². The molecule has 0 amide bonds. The summed E-state index contributed by atoms with van der Waals surface area (Å²) in [5.74, 6) is 2.24. The molecule has 0 aromatic carbocycles. The van der Waals surface area contributed by atoms with Gasteiger partial charge in [-0.2, -0.15) is 0 Å². The fourth-order valence-electron chi connectivity index (χ4n) is 3.46. The lowest BCUT2D eigenvalue weighted by atomic mass is 9.85. The molecule has 2 bridgehead atoms. The van der Waals surface area contributed by atoms with Crippen LogP contribution >= 0.6 is 0 Å². The molecule has 3 aliphatic rings. The number of carbonyl (C=O) groups excluding carboxylic acids is 1. The summed E-state index contributed by atoms with van der Waals surface area (Å²) >= 11 is 0. The van der Waals surface area contributed by atoms with Crippen LogP contribution in [0.25, 0.3) is 0 Å². The number of Topliss-reactive ketones (excluding diaryl/α,β-unsaturated/α-hetero) is 1. The average Bonchev–Trinajstić information content (AvgIpc) is 2.88. The summed E-state index contributed by atoms with van der Waals surface area (Å²) in [6.07, 6.45) is 9.38. The largest absolute Gasteiger partial charge is 0.396 e. The molecule has 0 saturated heterocycles. The highest BCUT2D eigenvalue weighted by Gasteiger charge is 2.50. The molecule has 3 aliphatic carbocycles. The molecule has 0 heterocycles. The highest BCUT2D eigenvalue weighted by Crippen LogP contribution is 2.53. The number of rotatable bonds is 3. The van der Waals surface area contributed by atoms with Gasteiger partial charge in [0, 0.05) is 12.5 Å². The van der Waals surface area contributed by atoms with Crippen LogP contribution < -0.4 is 0 Å². The van der Waals surface area contributed by atoms with E-state index in [0.29, 0.717) is 23.5 Å². The van der Waals surface area contributed by atoms with Gasteiger partial charge in [0.1, 0.15) is 0 Å². The third-order valence-electron chi connectivity index (χ3n) is 4.14. The predicted molar refractivity (Wildman–Crippen MR) is 57.1 cm³/mol. The SMILES string of the molecule is O=C1C(CCCO)=C[C@@H]2[C@H]1[C@H]1C=C[C@@H]2C1. The first kappa shape index (κ1) is 9.34. The van der Waals surface area contributed by atoms with E-state index in [1.54, 1.807) is 0 Å². The first-order chi connectivity index (χ1) is 7.31. The molecular formula is C13H16O2. The minimum atomic E-state index is 0.186. The number of aliphatic hydroxyl groups excluding tert-OH is 1. The number of hydrogen-bond acceptors (Lipinski definition) is 2. The van der Waals surface area contributed by atoms with E-state index in [4.69, 9.17) is 5.11 Å². The molecular weight excluding hydrogens is 188 g/mol. The third kappa shape index (κ3) is 1.24. The highest BCUT2D eigenvalue weighted by molar-refractivity contribution is 6.00. The van der Waals surface area contributed by atoms with E-state index >= 15 is 0 Å². The zero-order valence-electron chi connectivity index (χ0n) is 8.73. The topological polar surface area (TPSA) is 37.3 Å². The van der Waals surface area contributed by atoms with Crippen LogP contribution in [0.15, 0.2) is 23.8 Å². The molecule has 80 valence electrons. The van der Waals surface area contributed by atoms with Crippen molar-refractivity contribution in [2.24, 2.45) is 23.7 Å². The fraction of sp³-hybridized carbons (Fsp3) is 0.615. The molecule has 0 aromatic heterocycles. The normalized spacial score (nSPS) is 41.1. The molecule has 0 aliphatic heterocycles. The van der Waals surface area contributed by atoms with Crippen molar-refractivity contribution < 1.29 is 9.90 Å². The summed E-state index contributed by atoms with van der Waals surface area (Å²) < 4.78 is 0. The van der Waals surface area contributed by atoms with E-state index in [2.05, 4.69) is 18.2 Å². The molecule has 0 aromatic rings. The number of carbonyl (C=O) groups is 1. The van der Waals surface area contributed by atoms with Crippen molar-refractivity contribution in [2.45, 2.75) is 19.3 Å². The third-order valence-corrected chi connectivity index (χ3v) is 4.14. The van der Waals surface area contributed by atoms with Crippen LogP contribution in [0.3, 0.4) is 0 Å². The van der Waals surface area contributed by atoms with Gasteiger partial charge in [-0.05, 0) is 42.6 Å². The van der Waals surface area contributed by atoms with E-state index in [9.17, 15) is 4.79 Å². The molecule has 1 N–H and O–H groups in total. The standard InChI is InChI=1S/C13H16O2/c14-5-1-2-10-7-11-8-3-4-9(6-8)12(11)13(10)15/h3-4,7-9,11-12,14H,1-2,5-6H2/t8-,9+,11+,12-/m1/s1. The van der Waals surface area contributed by atoms with Crippen LogP contribution in [-0.4, -0.2) is 17.5 Å². The van der Waals surface area contributed by atoms with Crippen LogP contribution in [-0.2, 0) is 4.79 Å². The lowest BCUT2D eigenvalue weighted by Gasteiger charge is -2.17. The Kier molecular flexibility index (Phi) is 2.06. The van der Waals surface area contributed by atoms with E-state index < -0.39 is 0 Å². The molecule has 3 rings (SSSR count). The van der Waals surface area contributed by atoms with E-state index in [0.717, 1.165) is 18.4 Å². The van der Waals surface area contributed by atoms with Crippen molar-refractivity contribution in [1.82, 2.24) is 0 Å². The number of hydrogen-bond donors (Lipinski definition) is 1. The molecule has 4 atom stereocenters. The lowest BCUT2D eigenvalue weighted by Crippen LogP contribution is -2.21. The van der Waals surface area contributed by atoms with Gasteiger partial charge in [-0.15, -0.1) is 0 Å². The maximum absolute atomic E-state index is 12.1. The maximum Gasteiger partial charge on any atom is 0.162 e. The minimum Gasteiger partial charge on any atom is -0.396 e. The van der Waals surface area contributed by atoms with Gasteiger partial charge in [0.2, 0.25) is 0 Å². The van der Waals surface area contributed by atoms with Crippen molar-refractivity contribution in [3.05, 3.63) is 23.8 Å². The van der Waals surface area contributed by atoms with Gasteiger partial charge < -0.3 is 5.11 Å². The van der Waals surface area contributed by atoms with Gasteiger partial charge >= 0.3 is 0 Å². The second kappa shape index (κ2) is 3.31. The van der Waals surface area contributed by atoms with Gasteiger partial charge in [0.25, 0.3) is 0 Å². The van der Waals surface area contributed by atoms with Crippen molar-refractivity contribution in [1.29, 1.82) is 0 Å². The quantitative estimate of drug-likeness (QED) is 0.710. The second-order valence-corrected chi connectivity index (χ2v) is 4.93. The first-order valence-corrected chi connectivity index (χ1v) is 5.85. The van der Waals surface area contributed by atoms with Crippen LogP contribution in [0, 0.1) is 23.7 Å². The molecule has 1 saturated carbocycles. The summed E-state index contributed by atoms with van der Waals surface area (Å²) in [6, 6.07) is 0. The first-order valence-electron chi connectivity index (χ1n) is 5.85. The lowest BCUT2D eigenvalue weighted by molar-refractivity contribution is -0.119. The Morgan fingerprint density at radius 3 is 2.87 bits per heavy atom. The van der Waals surface area contributed by atoms with Crippen molar-refractivity contribution >= 4 is 5.78 Å². The van der Waals surface area contributed by atoms with Crippen LogP contribution in [0.2, 0.25) is 0 Å². The Labute approximate surface area is 89.7 Å². The number of ketones is 1. The molecule has 2 heteroatoms.